The van der Waals surface area contributed by atoms with Gasteiger partial charge < -0.3 is 10.2 Å². The van der Waals surface area contributed by atoms with Gasteiger partial charge in [0.2, 0.25) is 5.89 Å². The summed E-state index contributed by atoms with van der Waals surface area (Å²) in [5, 5.41) is 10.5. The Morgan fingerprint density at radius 3 is 2.93 bits per heavy atom. The first kappa shape index (κ1) is 10.6. The number of aromatic nitrogens is 2. The fourth-order valence-electron chi connectivity index (χ4n) is 1.14. The molecule has 6 heteroatoms. The predicted octanol–water partition coefficient (Wildman–Crippen LogP) is 2.26. The van der Waals surface area contributed by atoms with E-state index >= 15 is 0 Å². The number of hydrogen-bond acceptors (Lipinski definition) is 5. The van der Waals surface area contributed by atoms with Crippen LogP contribution in [0.2, 0.25) is 5.02 Å². The quantitative estimate of drug-likeness (QED) is 0.898. The molecule has 15 heavy (non-hydrogen) atoms. The van der Waals surface area contributed by atoms with Gasteiger partial charge in [0, 0.05) is 13.0 Å². The van der Waals surface area contributed by atoms with Gasteiger partial charge in [0.1, 0.15) is 4.88 Å². The summed E-state index contributed by atoms with van der Waals surface area (Å²) in [6, 6.07) is 0. The Morgan fingerprint density at radius 2 is 2.33 bits per heavy atom. The van der Waals surface area contributed by atoms with Gasteiger partial charge in [-0.05, 0) is 17.9 Å². The first-order chi connectivity index (χ1) is 7.22. The Hall–Kier alpha value is -0.910. The number of thiophene rings is 1. The second-order valence-corrected chi connectivity index (χ2v) is 4.36. The molecule has 0 atom stereocenters. The molecular formula is C9H10ClN3OS. The van der Waals surface area contributed by atoms with E-state index in [1.165, 1.54) is 11.3 Å². The van der Waals surface area contributed by atoms with Crippen molar-refractivity contribution < 1.29 is 4.42 Å². The molecule has 0 saturated carbocycles. The van der Waals surface area contributed by atoms with Crippen LogP contribution in [0.25, 0.3) is 10.8 Å². The number of halogens is 1. The van der Waals surface area contributed by atoms with Crippen molar-refractivity contribution in [2.75, 3.05) is 6.54 Å². The maximum Gasteiger partial charge on any atom is 0.259 e. The molecule has 0 amide bonds. The lowest BCUT2D eigenvalue weighted by Gasteiger charge is -1.90. The first-order valence-electron chi connectivity index (χ1n) is 4.48. The minimum absolute atomic E-state index is 0.474. The number of rotatable bonds is 3. The van der Waals surface area contributed by atoms with Gasteiger partial charge in [-0.15, -0.1) is 21.5 Å². The van der Waals surface area contributed by atoms with Crippen LogP contribution in [0.15, 0.2) is 9.80 Å². The lowest BCUT2D eigenvalue weighted by atomic mass is 10.3. The molecule has 0 spiro atoms. The van der Waals surface area contributed by atoms with Gasteiger partial charge >= 0.3 is 0 Å². The number of aryl methyl sites for hydroxylation is 1. The summed E-state index contributed by atoms with van der Waals surface area (Å²) in [4.78, 5) is 0.824. The van der Waals surface area contributed by atoms with Crippen molar-refractivity contribution in [3.05, 3.63) is 21.9 Å². The lowest BCUT2D eigenvalue weighted by Crippen LogP contribution is -2.02. The van der Waals surface area contributed by atoms with Crippen molar-refractivity contribution in [2.45, 2.75) is 13.3 Å². The molecule has 80 valence electrons. The summed E-state index contributed by atoms with van der Waals surface area (Å²) in [5.41, 5.74) is 6.41. The molecule has 2 aromatic rings. The van der Waals surface area contributed by atoms with E-state index in [2.05, 4.69) is 10.2 Å². The summed E-state index contributed by atoms with van der Waals surface area (Å²) < 4.78 is 5.43. The van der Waals surface area contributed by atoms with Crippen LogP contribution in [0.3, 0.4) is 0 Å². The van der Waals surface area contributed by atoms with Gasteiger partial charge in [0.15, 0.2) is 0 Å². The minimum atomic E-state index is 0.474. The smallest absolute Gasteiger partial charge is 0.259 e. The topological polar surface area (TPSA) is 64.9 Å². The average molecular weight is 244 g/mol. The lowest BCUT2D eigenvalue weighted by molar-refractivity contribution is 0.508. The molecule has 0 aliphatic heterocycles. The minimum Gasteiger partial charge on any atom is -0.420 e. The third kappa shape index (κ3) is 2.04. The van der Waals surface area contributed by atoms with Crippen molar-refractivity contribution in [3.63, 3.8) is 0 Å². The molecule has 2 rings (SSSR count). The van der Waals surface area contributed by atoms with E-state index in [-0.39, 0.29) is 0 Å². The molecule has 0 unspecified atom stereocenters. The van der Waals surface area contributed by atoms with Crippen LogP contribution in [-0.4, -0.2) is 16.7 Å². The van der Waals surface area contributed by atoms with Crippen molar-refractivity contribution >= 4 is 22.9 Å². The summed E-state index contributed by atoms with van der Waals surface area (Å²) in [5.74, 6) is 1.02. The Morgan fingerprint density at radius 1 is 1.53 bits per heavy atom. The van der Waals surface area contributed by atoms with Gasteiger partial charge in [-0.3, -0.25) is 0 Å². The van der Waals surface area contributed by atoms with Crippen LogP contribution < -0.4 is 5.73 Å². The molecule has 0 saturated heterocycles. The van der Waals surface area contributed by atoms with E-state index in [4.69, 9.17) is 21.8 Å². The first-order valence-corrected chi connectivity index (χ1v) is 5.74. The molecule has 0 aliphatic carbocycles. The number of nitrogens with zero attached hydrogens (tertiary/aromatic N) is 2. The average Bonchev–Trinajstić information content (AvgIpc) is 2.77. The van der Waals surface area contributed by atoms with Crippen molar-refractivity contribution in [3.8, 4) is 10.8 Å². The molecule has 2 N–H and O–H groups in total. The van der Waals surface area contributed by atoms with Gasteiger partial charge in [-0.2, -0.15) is 0 Å². The summed E-state index contributed by atoms with van der Waals surface area (Å²) in [6.07, 6.45) is 0.592. The van der Waals surface area contributed by atoms with Crippen LogP contribution in [0.5, 0.6) is 0 Å². The van der Waals surface area contributed by atoms with Crippen molar-refractivity contribution in [1.29, 1.82) is 0 Å². The maximum absolute atomic E-state index is 6.09. The highest BCUT2D eigenvalue weighted by atomic mass is 35.5. The molecule has 0 aliphatic rings. The van der Waals surface area contributed by atoms with E-state index in [0.717, 1.165) is 10.4 Å². The predicted molar refractivity (Wildman–Crippen MR) is 60.1 cm³/mol. The molecule has 0 radical (unpaired) electrons. The number of nitrogens with two attached hydrogens (primary N) is 1. The van der Waals surface area contributed by atoms with Gasteiger partial charge in [-0.1, -0.05) is 11.6 Å². The van der Waals surface area contributed by atoms with Crippen LogP contribution in [-0.2, 0) is 6.42 Å². The Kier molecular flexibility index (Phi) is 3.04. The highest BCUT2D eigenvalue weighted by Crippen LogP contribution is 2.35. The van der Waals surface area contributed by atoms with Crippen molar-refractivity contribution in [2.24, 2.45) is 5.73 Å². The van der Waals surface area contributed by atoms with Gasteiger partial charge in [0.25, 0.3) is 5.89 Å². The van der Waals surface area contributed by atoms with E-state index < -0.39 is 0 Å². The SMILES string of the molecule is Cc1csc(-c2nnc(CCN)o2)c1Cl. The molecular weight excluding hydrogens is 234 g/mol. The zero-order chi connectivity index (χ0) is 10.8. The molecule has 4 nitrogen and oxygen atoms in total. The molecule has 0 aromatic carbocycles. The van der Waals surface area contributed by atoms with E-state index in [1.54, 1.807) is 0 Å². The monoisotopic (exact) mass is 243 g/mol. The van der Waals surface area contributed by atoms with Crippen LogP contribution in [0, 0.1) is 6.92 Å². The standard InChI is InChI=1S/C9H10ClN3OS/c1-5-4-15-8(7(5)10)9-13-12-6(14-9)2-3-11/h4H,2-3,11H2,1H3. The van der Waals surface area contributed by atoms with E-state index in [0.29, 0.717) is 29.8 Å². The second kappa shape index (κ2) is 4.30. The summed E-state index contributed by atoms with van der Waals surface area (Å²) >= 11 is 7.59. The van der Waals surface area contributed by atoms with Crippen LogP contribution in [0.4, 0.5) is 0 Å². The zero-order valence-corrected chi connectivity index (χ0v) is 9.73. The van der Waals surface area contributed by atoms with Crippen LogP contribution in [0.1, 0.15) is 11.5 Å². The summed E-state index contributed by atoms with van der Waals surface area (Å²) in [6.45, 7) is 2.44. The normalized spacial score (nSPS) is 10.9. The third-order valence-corrected chi connectivity index (χ3v) is 3.60. The highest BCUT2D eigenvalue weighted by Gasteiger charge is 2.14. The second-order valence-electron chi connectivity index (χ2n) is 3.10. The molecule has 0 bridgehead atoms. The van der Waals surface area contributed by atoms with Gasteiger partial charge in [0.05, 0.1) is 5.02 Å². The Bertz CT molecular complexity index is 466. The fourth-order valence-corrected chi connectivity index (χ4v) is 2.34. The van der Waals surface area contributed by atoms with Crippen LogP contribution >= 0.6 is 22.9 Å². The molecule has 2 heterocycles. The number of hydrogen-bond donors (Lipinski definition) is 1. The maximum atomic E-state index is 6.09. The zero-order valence-electron chi connectivity index (χ0n) is 8.16. The molecule has 2 aromatic heterocycles. The third-order valence-electron chi connectivity index (χ3n) is 1.92. The fraction of sp³-hybridized carbons (Fsp3) is 0.333. The summed E-state index contributed by atoms with van der Waals surface area (Å²) in [7, 11) is 0. The Balaban J connectivity index is 2.33. The molecule has 0 fully saturated rings. The Labute approximate surface area is 96.1 Å². The largest absolute Gasteiger partial charge is 0.420 e. The highest BCUT2D eigenvalue weighted by molar-refractivity contribution is 7.14. The van der Waals surface area contributed by atoms with E-state index in [1.807, 2.05) is 12.3 Å². The van der Waals surface area contributed by atoms with Crippen molar-refractivity contribution in [1.82, 2.24) is 10.2 Å². The van der Waals surface area contributed by atoms with E-state index in [9.17, 15) is 0 Å². The van der Waals surface area contributed by atoms with Gasteiger partial charge in [-0.25, -0.2) is 0 Å².